The molecule has 4 aromatic rings. The number of hydrogen-bond acceptors (Lipinski definition) is 2. The van der Waals surface area contributed by atoms with Crippen LogP contribution in [0.2, 0.25) is 0 Å². The van der Waals surface area contributed by atoms with Crippen LogP contribution >= 0.6 is 0 Å². The monoisotopic (exact) mass is 792 g/mol. The van der Waals surface area contributed by atoms with Crippen molar-refractivity contribution in [3.63, 3.8) is 0 Å². The van der Waals surface area contributed by atoms with E-state index in [4.69, 9.17) is 12.8 Å². The zero-order valence-corrected chi connectivity index (χ0v) is 24.2. The Labute approximate surface area is 284 Å². The normalized spacial score (nSPS) is 15.8. The van der Waals surface area contributed by atoms with Gasteiger partial charge in [0.15, 0.2) is 11.5 Å². The van der Waals surface area contributed by atoms with Crippen LogP contribution in [0.15, 0.2) is 91.0 Å². The number of rotatable bonds is 2. The number of benzene rings is 4. The predicted octanol–water partition coefficient (Wildman–Crippen LogP) is 6.49. The smallest absolute Gasteiger partial charge is 0.158 e. The first kappa shape index (κ1) is 30.1. The Morgan fingerprint density at radius 2 is 1.16 bits per heavy atom. The van der Waals surface area contributed by atoms with Crippen LogP contribution in [0.1, 0.15) is 44.5 Å². The van der Waals surface area contributed by atoms with Crippen molar-refractivity contribution in [3.05, 3.63) is 149 Å². The third-order valence-electron chi connectivity index (χ3n) is 6.92. The summed E-state index contributed by atoms with van der Waals surface area (Å²) in [6.45, 7) is 0. The van der Waals surface area contributed by atoms with E-state index in [2.05, 4.69) is 36.1 Å². The van der Waals surface area contributed by atoms with E-state index in [1.54, 1.807) is 12.1 Å². The molecule has 0 fully saturated rings. The molecule has 2 radical (unpaired) electrons. The maximum absolute atomic E-state index is 10.5. The zero-order valence-electron chi connectivity index (χ0n) is 20.3. The Balaban J connectivity index is 0.00000133. The molecule has 2 N–H and O–H groups in total. The number of hydrogen-bond donors (Lipinski definition) is 2. The number of aromatic hydroxyl groups is 2. The molecule has 0 aliphatic heterocycles. The summed E-state index contributed by atoms with van der Waals surface area (Å²) in [5.41, 5.74) is 9.00. The first-order valence-corrected chi connectivity index (χ1v) is 11.2. The fourth-order valence-electron chi connectivity index (χ4n) is 5.23. The molecule has 4 heteroatoms. The van der Waals surface area contributed by atoms with Crippen LogP contribution in [0.25, 0.3) is 11.1 Å². The molecule has 1 atom stereocenters. The van der Waals surface area contributed by atoms with Crippen LogP contribution in [-0.2, 0) is 5.41 Å². The van der Waals surface area contributed by atoms with Crippen molar-refractivity contribution in [2.75, 3.05) is 0 Å². The van der Waals surface area contributed by atoms with Crippen LogP contribution < -0.4 is 0 Å². The van der Waals surface area contributed by atoms with Crippen molar-refractivity contribution in [2.45, 2.75) is 5.41 Å². The van der Waals surface area contributed by atoms with E-state index in [9.17, 15) is 10.2 Å². The largest absolute Gasteiger partial charge is 0.504 e. The van der Waals surface area contributed by atoms with Gasteiger partial charge in [-0.25, -0.2) is 0 Å². The van der Waals surface area contributed by atoms with Gasteiger partial charge in [-0.3, -0.25) is 0 Å². The third kappa shape index (κ3) is 4.76. The second-order valence-electron chi connectivity index (χ2n) is 8.79. The molecule has 1 spiro atoms. The summed E-state index contributed by atoms with van der Waals surface area (Å²) in [4.78, 5) is 0. The van der Waals surface area contributed by atoms with Gasteiger partial charge in [-0.2, -0.15) is 24.3 Å². The molecule has 0 saturated heterocycles. The molecular weight excluding hydrogens is 770 g/mol. The molecule has 0 bridgehead atoms. The van der Waals surface area contributed by atoms with Gasteiger partial charge in [0.2, 0.25) is 0 Å². The van der Waals surface area contributed by atoms with Gasteiger partial charge in [0.25, 0.3) is 0 Å². The van der Waals surface area contributed by atoms with E-state index in [0.29, 0.717) is 0 Å². The molecule has 2 aliphatic carbocycles. The summed E-state index contributed by atoms with van der Waals surface area (Å²) >= 11 is 0. The van der Waals surface area contributed by atoms with Gasteiger partial charge in [0.05, 0.1) is 0 Å². The number of fused-ring (bicyclic) bond motifs is 4. The molecule has 2 aliphatic rings. The number of phenols is 2. The van der Waals surface area contributed by atoms with Crippen molar-refractivity contribution in [2.24, 2.45) is 0 Å². The second-order valence-corrected chi connectivity index (χ2v) is 8.79. The summed E-state index contributed by atoms with van der Waals surface area (Å²) in [5, 5.41) is 20.9. The van der Waals surface area contributed by atoms with Gasteiger partial charge in [-0.05, 0) is 69.8 Å². The quantitative estimate of drug-likeness (QED) is 0.106. The van der Waals surface area contributed by atoms with Crippen LogP contribution in [0.3, 0.4) is 0 Å². The van der Waals surface area contributed by atoms with E-state index in [0.717, 1.165) is 55.7 Å². The molecule has 194 valence electrons. The van der Waals surface area contributed by atoms with E-state index in [1.165, 1.54) is 0 Å². The van der Waals surface area contributed by atoms with Crippen molar-refractivity contribution in [1.29, 1.82) is 0 Å². The first-order chi connectivity index (χ1) is 17.0. The molecule has 6 rings (SSSR count). The van der Waals surface area contributed by atoms with Crippen LogP contribution in [0.4, 0.5) is 0 Å². The Morgan fingerprint density at radius 1 is 0.658 bits per heavy atom. The van der Waals surface area contributed by atoms with Gasteiger partial charge in [0.1, 0.15) is 0 Å². The van der Waals surface area contributed by atoms with E-state index >= 15 is 0 Å². The molecular formula is C34H22Ho2O2-2. The molecule has 38 heavy (non-hydrogen) atoms. The van der Waals surface area contributed by atoms with Gasteiger partial charge in [-0.1, -0.05) is 48.3 Å². The minimum absolute atomic E-state index is 0. The molecule has 2 nitrogen and oxygen atoms in total. The maximum atomic E-state index is 10.5. The third-order valence-corrected chi connectivity index (χ3v) is 6.92. The number of phenolic OH excluding ortho intramolecular Hbond substituents is 2. The van der Waals surface area contributed by atoms with E-state index in [-0.39, 0.29) is 94.4 Å². The van der Waals surface area contributed by atoms with Crippen molar-refractivity contribution >= 4 is 11.1 Å². The van der Waals surface area contributed by atoms with Gasteiger partial charge >= 0.3 is 0 Å². The van der Waals surface area contributed by atoms with E-state index < -0.39 is 5.41 Å². The molecule has 0 aromatic heterocycles. The maximum Gasteiger partial charge on any atom is 0.158 e. The Hall–Kier alpha value is -2.40. The summed E-state index contributed by atoms with van der Waals surface area (Å²) in [6, 6.07) is 28.3. The molecule has 4 aromatic carbocycles. The zero-order chi connectivity index (χ0) is 24.2. The number of allylic oxidation sites excluding steroid dienone is 2. The average Bonchev–Trinajstić information content (AvgIpc) is 3.40. The predicted molar refractivity (Wildman–Crippen MR) is 145 cm³/mol. The van der Waals surface area contributed by atoms with Crippen molar-refractivity contribution < 1.29 is 85.7 Å². The molecule has 0 heterocycles. The fraction of sp³-hybridized carbons (Fsp3) is 0.0294. The Morgan fingerprint density at radius 3 is 1.68 bits per heavy atom. The number of terminal acetylenes is 2. The van der Waals surface area contributed by atoms with Gasteiger partial charge in [0, 0.05) is 92.0 Å². The topological polar surface area (TPSA) is 40.5 Å². The standard InChI is InChI=1S/C33H19O2.CH3.2Ho/c1-3-21-9-13-23(14-10-21)27-19-33(29-8-6-5-7-25(27)29)20-28(24-15-11-22(4-2)12-16-24)26-17-31(34)32(35)18-30(26)33;;;/h1-2,5,7-20,34-35H;1H3;;/q2*-1;;. The van der Waals surface area contributed by atoms with Gasteiger partial charge < -0.3 is 17.6 Å². The van der Waals surface area contributed by atoms with Crippen LogP contribution in [-0.4, -0.2) is 10.2 Å². The Kier molecular flexibility index (Phi) is 9.34. The fourth-order valence-corrected chi connectivity index (χ4v) is 5.23. The summed E-state index contributed by atoms with van der Waals surface area (Å²) in [7, 11) is 0. The van der Waals surface area contributed by atoms with Crippen molar-refractivity contribution in [1.82, 2.24) is 0 Å². The minimum Gasteiger partial charge on any atom is -0.504 e. The molecule has 1 unspecified atom stereocenters. The molecule has 0 saturated carbocycles. The summed E-state index contributed by atoms with van der Waals surface area (Å²) in [6.07, 6.45) is 15.6. The van der Waals surface area contributed by atoms with Gasteiger partial charge in [-0.15, -0.1) is 24.0 Å². The van der Waals surface area contributed by atoms with E-state index in [1.807, 2.05) is 60.7 Å². The summed E-state index contributed by atoms with van der Waals surface area (Å²) in [5.74, 6) is 5.02. The summed E-state index contributed by atoms with van der Waals surface area (Å²) < 4.78 is 0. The minimum atomic E-state index is -0.631. The SMILES string of the molecule is C#Cc1ccc(C2=CC3(C=C(c4ccc(C#C)cc4)c4cc(O)c(O)cc43)c3c[c-]ccc32)cc1.[CH3-].[Ho].[Ho]. The van der Waals surface area contributed by atoms with Crippen LogP contribution in [0.5, 0.6) is 11.5 Å². The second kappa shape index (κ2) is 11.8. The first-order valence-electron chi connectivity index (χ1n) is 11.2. The molecule has 0 amide bonds. The Bertz CT molecular complexity index is 1660. The van der Waals surface area contributed by atoms with Crippen molar-refractivity contribution in [3.8, 4) is 36.2 Å². The average molecular weight is 792 g/mol. The van der Waals surface area contributed by atoms with Crippen LogP contribution in [0, 0.1) is 114 Å².